The summed E-state index contributed by atoms with van der Waals surface area (Å²) in [6.07, 6.45) is 4.61. The van der Waals surface area contributed by atoms with Gasteiger partial charge in [0.15, 0.2) is 0 Å². The Bertz CT molecular complexity index is 568. The highest BCUT2D eigenvalue weighted by atomic mass is 16.6. The largest absolute Gasteiger partial charge is 0.444 e. The third-order valence-corrected chi connectivity index (χ3v) is 3.79. The molecule has 1 saturated heterocycles. The summed E-state index contributed by atoms with van der Waals surface area (Å²) in [5.74, 6) is 1.64. The minimum atomic E-state index is -0.460. The molecular weight excluding hydrogens is 294 g/mol. The lowest BCUT2D eigenvalue weighted by Crippen LogP contribution is -2.36. The molecular formula is C16H25N5O2. The minimum Gasteiger partial charge on any atom is -0.444 e. The highest BCUT2D eigenvalue weighted by Crippen LogP contribution is 2.24. The Hall–Kier alpha value is -2.05. The molecule has 2 heterocycles. The van der Waals surface area contributed by atoms with E-state index in [1.807, 2.05) is 26.8 Å². The second-order valence-corrected chi connectivity index (χ2v) is 7.26. The van der Waals surface area contributed by atoms with Gasteiger partial charge in [-0.2, -0.15) is 0 Å². The molecule has 23 heavy (non-hydrogen) atoms. The van der Waals surface area contributed by atoms with Gasteiger partial charge in [0, 0.05) is 31.2 Å². The minimum absolute atomic E-state index is 0.186. The van der Waals surface area contributed by atoms with Gasteiger partial charge in [0.05, 0.1) is 0 Å². The Morgan fingerprint density at radius 2 is 1.83 bits per heavy atom. The van der Waals surface area contributed by atoms with Crippen molar-refractivity contribution in [1.29, 1.82) is 0 Å². The molecule has 2 N–H and O–H groups in total. The fourth-order valence-electron chi connectivity index (χ4n) is 2.53. The first-order chi connectivity index (χ1) is 10.9. The summed E-state index contributed by atoms with van der Waals surface area (Å²) in [5, 5.41) is 6.74. The lowest BCUT2D eigenvalue weighted by Gasteiger charge is -2.24. The second kappa shape index (κ2) is 6.22. The van der Waals surface area contributed by atoms with Gasteiger partial charge in [-0.15, -0.1) is 0 Å². The van der Waals surface area contributed by atoms with Crippen LogP contribution in [-0.4, -0.2) is 51.7 Å². The zero-order chi connectivity index (χ0) is 16.4. The molecule has 0 spiro atoms. The summed E-state index contributed by atoms with van der Waals surface area (Å²) in [7, 11) is 0. The van der Waals surface area contributed by atoms with E-state index in [0.717, 1.165) is 18.1 Å². The third kappa shape index (κ3) is 4.71. The van der Waals surface area contributed by atoms with Gasteiger partial charge in [-0.1, -0.05) is 0 Å². The average Bonchev–Trinajstić information content (AvgIpc) is 3.13. The number of nitrogens with zero attached hydrogens (tertiary/aromatic N) is 3. The molecule has 1 atom stereocenters. The van der Waals surface area contributed by atoms with Crippen LogP contribution in [0.4, 0.5) is 16.4 Å². The van der Waals surface area contributed by atoms with E-state index >= 15 is 0 Å². The molecule has 1 amide bonds. The quantitative estimate of drug-likeness (QED) is 0.887. The summed E-state index contributed by atoms with van der Waals surface area (Å²) < 4.78 is 5.41. The number of amides is 1. The number of hydrogen-bond donors (Lipinski definition) is 2. The Labute approximate surface area is 136 Å². The second-order valence-electron chi connectivity index (χ2n) is 7.26. The van der Waals surface area contributed by atoms with E-state index in [9.17, 15) is 4.79 Å². The number of hydrogen-bond acceptors (Lipinski definition) is 6. The SMILES string of the molecule is CC(C)(C)OC(=O)N1CC[C@H](Nc2cc(NC3CC3)ncn2)C1. The number of ether oxygens (including phenoxy) is 1. The number of carbonyl (C=O) groups is 1. The molecule has 1 saturated carbocycles. The summed E-state index contributed by atoms with van der Waals surface area (Å²) in [6.45, 7) is 6.97. The molecule has 1 aromatic heterocycles. The van der Waals surface area contributed by atoms with E-state index in [-0.39, 0.29) is 12.1 Å². The van der Waals surface area contributed by atoms with Crippen molar-refractivity contribution in [2.45, 2.75) is 57.7 Å². The standard InChI is InChI=1S/C16H25N5O2/c1-16(2,3)23-15(22)21-7-6-12(9-21)20-14-8-13(17-10-18-14)19-11-4-5-11/h8,10-12H,4-7,9H2,1-3H3,(H2,17,18,19,20)/t12-/m0/s1. The first-order valence-electron chi connectivity index (χ1n) is 8.22. The van der Waals surface area contributed by atoms with E-state index in [4.69, 9.17) is 4.74 Å². The molecule has 0 unspecified atom stereocenters. The van der Waals surface area contributed by atoms with Crippen LogP contribution in [0.25, 0.3) is 0 Å². The van der Waals surface area contributed by atoms with Crippen molar-refractivity contribution in [3.05, 3.63) is 12.4 Å². The van der Waals surface area contributed by atoms with Crippen molar-refractivity contribution in [2.24, 2.45) is 0 Å². The van der Waals surface area contributed by atoms with E-state index in [1.54, 1.807) is 11.2 Å². The Balaban J connectivity index is 1.52. The summed E-state index contributed by atoms with van der Waals surface area (Å²) in [6, 6.07) is 2.67. The van der Waals surface area contributed by atoms with Gasteiger partial charge < -0.3 is 20.3 Å². The summed E-state index contributed by atoms with van der Waals surface area (Å²) in [5.41, 5.74) is -0.460. The highest BCUT2D eigenvalue weighted by molar-refractivity contribution is 5.68. The van der Waals surface area contributed by atoms with E-state index in [2.05, 4.69) is 20.6 Å². The van der Waals surface area contributed by atoms with Gasteiger partial charge in [0.25, 0.3) is 0 Å². The lowest BCUT2D eigenvalue weighted by molar-refractivity contribution is 0.0293. The number of aromatic nitrogens is 2. The van der Waals surface area contributed by atoms with Gasteiger partial charge in [-0.3, -0.25) is 0 Å². The zero-order valence-electron chi connectivity index (χ0n) is 14.0. The smallest absolute Gasteiger partial charge is 0.410 e. The van der Waals surface area contributed by atoms with Crippen molar-refractivity contribution in [3.8, 4) is 0 Å². The van der Waals surface area contributed by atoms with Gasteiger partial charge in [-0.25, -0.2) is 14.8 Å². The summed E-state index contributed by atoms with van der Waals surface area (Å²) >= 11 is 0. The number of nitrogens with one attached hydrogen (secondary N) is 2. The van der Waals surface area contributed by atoms with Crippen LogP contribution in [0, 0.1) is 0 Å². The Kier molecular flexibility index (Phi) is 4.28. The van der Waals surface area contributed by atoms with Crippen LogP contribution < -0.4 is 10.6 Å². The molecule has 0 aromatic carbocycles. The lowest BCUT2D eigenvalue weighted by atomic mass is 10.2. The van der Waals surface area contributed by atoms with Crippen LogP contribution in [0.2, 0.25) is 0 Å². The molecule has 0 bridgehead atoms. The van der Waals surface area contributed by atoms with Crippen LogP contribution in [-0.2, 0) is 4.74 Å². The van der Waals surface area contributed by atoms with Gasteiger partial charge in [0.2, 0.25) is 0 Å². The topological polar surface area (TPSA) is 79.4 Å². The molecule has 1 aliphatic heterocycles. The third-order valence-electron chi connectivity index (χ3n) is 3.79. The molecule has 1 aliphatic carbocycles. The fourth-order valence-corrected chi connectivity index (χ4v) is 2.53. The Morgan fingerprint density at radius 3 is 2.43 bits per heavy atom. The predicted molar refractivity (Wildman–Crippen MR) is 88.5 cm³/mol. The normalized spacial score (nSPS) is 21.2. The fraction of sp³-hybridized carbons (Fsp3) is 0.688. The number of anilines is 2. The van der Waals surface area contributed by atoms with Crippen LogP contribution >= 0.6 is 0 Å². The van der Waals surface area contributed by atoms with Crippen LogP contribution in [0.3, 0.4) is 0 Å². The van der Waals surface area contributed by atoms with Crippen molar-refractivity contribution >= 4 is 17.7 Å². The van der Waals surface area contributed by atoms with Crippen LogP contribution in [0.1, 0.15) is 40.0 Å². The van der Waals surface area contributed by atoms with E-state index in [1.165, 1.54) is 12.8 Å². The molecule has 7 nitrogen and oxygen atoms in total. The van der Waals surface area contributed by atoms with E-state index < -0.39 is 5.60 Å². The summed E-state index contributed by atoms with van der Waals surface area (Å²) in [4.78, 5) is 22.3. The number of likely N-dealkylation sites (tertiary alicyclic amines) is 1. The molecule has 1 aromatic rings. The molecule has 126 valence electrons. The molecule has 0 radical (unpaired) electrons. The van der Waals surface area contributed by atoms with Crippen molar-refractivity contribution < 1.29 is 9.53 Å². The van der Waals surface area contributed by atoms with Gasteiger partial charge in [0.1, 0.15) is 23.6 Å². The van der Waals surface area contributed by atoms with Crippen molar-refractivity contribution in [2.75, 3.05) is 23.7 Å². The van der Waals surface area contributed by atoms with E-state index in [0.29, 0.717) is 19.1 Å². The number of carbonyl (C=O) groups excluding carboxylic acids is 1. The zero-order valence-corrected chi connectivity index (χ0v) is 14.0. The highest BCUT2D eigenvalue weighted by Gasteiger charge is 2.30. The van der Waals surface area contributed by atoms with Crippen molar-refractivity contribution in [3.63, 3.8) is 0 Å². The Morgan fingerprint density at radius 1 is 1.17 bits per heavy atom. The number of rotatable bonds is 4. The van der Waals surface area contributed by atoms with Crippen LogP contribution in [0.15, 0.2) is 12.4 Å². The van der Waals surface area contributed by atoms with Crippen LogP contribution in [0.5, 0.6) is 0 Å². The predicted octanol–water partition coefficient (Wildman–Crippen LogP) is 2.47. The molecule has 2 aliphatic rings. The average molecular weight is 319 g/mol. The maximum absolute atomic E-state index is 12.1. The first-order valence-corrected chi connectivity index (χ1v) is 8.22. The van der Waals surface area contributed by atoms with Gasteiger partial charge >= 0.3 is 6.09 Å². The molecule has 2 fully saturated rings. The van der Waals surface area contributed by atoms with Gasteiger partial charge in [-0.05, 0) is 40.0 Å². The van der Waals surface area contributed by atoms with Crippen molar-refractivity contribution in [1.82, 2.24) is 14.9 Å². The first kappa shape index (κ1) is 15.8. The maximum Gasteiger partial charge on any atom is 0.410 e. The monoisotopic (exact) mass is 319 g/mol. The molecule has 3 rings (SSSR count). The maximum atomic E-state index is 12.1. The molecule has 7 heteroatoms.